The summed E-state index contributed by atoms with van der Waals surface area (Å²) in [4.78, 5) is 12.5. The molecule has 3 aromatic carbocycles. The maximum atomic E-state index is 12.5. The minimum Gasteiger partial charge on any atom is -0.507 e. The number of rotatable bonds is 8. The van der Waals surface area contributed by atoms with Crippen LogP contribution in [0.25, 0.3) is 22.0 Å². The highest BCUT2D eigenvalue weighted by Gasteiger charge is 2.11. The highest BCUT2D eigenvalue weighted by Crippen LogP contribution is 2.25. The van der Waals surface area contributed by atoms with Gasteiger partial charge in [-0.2, -0.15) is 10.2 Å². The number of hydrogen-bond acceptors (Lipinski definition) is 5. The number of phenols is 1. The molecule has 0 aliphatic heterocycles. The third-order valence-electron chi connectivity index (χ3n) is 5.05. The van der Waals surface area contributed by atoms with Crippen molar-refractivity contribution in [2.75, 3.05) is 6.61 Å². The van der Waals surface area contributed by atoms with Gasteiger partial charge in [0.05, 0.1) is 18.5 Å². The maximum absolute atomic E-state index is 12.5. The summed E-state index contributed by atoms with van der Waals surface area (Å²) in [5, 5.41) is 22.9. The molecule has 162 valence electrons. The van der Waals surface area contributed by atoms with Gasteiger partial charge in [-0.15, -0.1) is 0 Å². The van der Waals surface area contributed by atoms with E-state index in [1.807, 2.05) is 54.6 Å². The summed E-state index contributed by atoms with van der Waals surface area (Å²) >= 11 is 0. The van der Waals surface area contributed by atoms with E-state index < -0.39 is 5.91 Å². The summed E-state index contributed by atoms with van der Waals surface area (Å²) in [6.07, 6.45) is 3.54. The van der Waals surface area contributed by atoms with Gasteiger partial charge in [0, 0.05) is 11.1 Å². The van der Waals surface area contributed by atoms with Crippen molar-refractivity contribution in [2.45, 2.75) is 19.8 Å². The van der Waals surface area contributed by atoms with Crippen LogP contribution in [0.4, 0.5) is 0 Å². The van der Waals surface area contributed by atoms with Gasteiger partial charge >= 0.3 is 0 Å². The van der Waals surface area contributed by atoms with Gasteiger partial charge in [-0.3, -0.25) is 9.89 Å². The number of nitrogens with one attached hydrogen (secondary N) is 2. The van der Waals surface area contributed by atoms with E-state index in [2.05, 4.69) is 27.6 Å². The Morgan fingerprint density at radius 3 is 2.78 bits per heavy atom. The first-order valence-electron chi connectivity index (χ1n) is 10.5. The van der Waals surface area contributed by atoms with Gasteiger partial charge in [-0.05, 0) is 53.6 Å². The molecule has 0 saturated heterocycles. The average Bonchev–Trinajstić information content (AvgIpc) is 3.31. The molecule has 0 bridgehead atoms. The Morgan fingerprint density at radius 1 is 1.16 bits per heavy atom. The van der Waals surface area contributed by atoms with Crippen molar-refractivity contribution in [2.24, 2.45) is 5.10 Å². The number of aromatic hydroxyl groups is 1. The fourth-order valence-electron chi connectivity index (χ4n) is 3.28. The SMILES string of the molecule is CCCCOc1ccc(-c2cc(C(=O)N/N=C\c3c(O)ccc4ccccc34)[nH]n2)cc1. The van der Waals surface area contributed by atoms with E-state index in [1.165, 1.54) is 6.21 Å². The van der Waals surface area contributed by atoms with Crippen LogP contribution in [0, 0.1) is 0 Å². The zero-order valence-electron chi connectivity index (χ0n) is 17.7. The Kier molecular flexibility index (Phi) is 6.46. The van der Waals surface area contributed by atoms with Gasteiger partial charge in [0.25, 0.3) is 5.91 Å². The van der Waals surface area contributed by atoms with Crippen LogP contribution in [0.3, 0.4) is 0 Å². The van der Waals surface area contributed by atoms with Crippen molar-refractivity contribution < 1.29 is 14.6 Å². The van der Waals surface area contributed by atoms with E-state index in [0.717, 1.165) is 34.9 Å². The Balaban J connectivity index is 1.42. The smallest absolute Gasteiger partial charge is 0.289 e. The first-order valence-corrected chi connectivity index (χ1v) is 10.5. The van der Waals surface area contributed by atoms with Gasteiger partial charge in [-0.1, -0.05) is 43.7 Å². The number of amides is 1. The molecule has 4 rings (SSSR count). The first-order chi connectivity index (χ1) is 15.7. The van der Waals surface area contributed by atoms with Gasteiger partial charge in [-0.25, -0.2) is 5.43 Å². The molecule has 1 amide bonds. The summed E-state index contributed by atoms with van der Waals surface area (Å²) in [6, 6.07) is 20.3. The van der Waals surface area contributed by atoms with E-state index >= 15 is 0 Å². The third-order valence-corrected chi connectivity index (χ3v) is 5.05. The first kappa shape index (κ1) is 21.1. The minimum absolute atomic E-state index is 0.0904. The number of hydrazone groups is 1. The predicted molar refractivity (Wildman–Crippen MR) is 125 cm³/mol. The van der Waals surface area contributed by atoms with Crippen LogP contribution in [0.2, 0.25) is 0 Å². The van der Waals surface area contributed by atoms with Crippen molar-refractivity contribution >= 4 is 22.9 Å². The van der Waals surface area contributed by atoms with E-state index in [1.54, 1.807) is 12.1 Å². The average molecular weight is 428 g/mol. The molecular formula is C25H24N4O3. The number of aromatic nitrogens is 2. The van der Waals surface area contributed by atoms with Crippen molar-refractivity contribution in [1.29, 1.82) is 0 Å². The molecule has 0 aliphatic rings. The van der Waals surface area contributed by atoms with E-state index in [-0.39, 0.29) is 11.4 Å². The Labute approximate surface area is 185 Å². The molecule has 0 atom stereocenters. The lowest BCUT2D eigenvalue weighted by molar-refractivity contribution is 0.0950. The molecule has 0 saturated carbocycles. The van der Waals surface area contributed by atoms with Crippen LogP contribution in [-0.2, 0) is 0 Å². The lowest BCUT2D eigenvalue weighted by Crippen LogP contribution is -2.18. The van der Waals surface area contributed by atoms with Crippen molar-refractivity contribution in [3.05, 3.63) is 78.0 Å². The molecule has 1 aromatic heterocycles. The summed E-state index contributed by atoms with van der Waals surface area (Å²) < 4.78 is 5.67. The molecule has 1 heterocycles. The highest BCUT2D eigenvalue weighted by molar-refractivity contribution is 6.03. The van der Waals surface area contributed by atoms with Gasteiger partial charge in [0.2, 0.25) is 0 Å². The van der Waals surface area contributed by atoms with Crippen molar-refractivity contribution in [3.63, 3.8) is 0 Å². The standard InChI is InChI=1S/C25H24N4O3/c1-2-3-14-32-19-11-8-18(9-12-19)22-15-23(28-27-22)25(31)29-26-16-21-20-7-5-4-6-17(20)10-13-24(21)30/h4-13,15-16,30H,2-3,14H2,1H3,(H,27,28)(H,29,31)/b26-16-. The number of aromatic amines is 1. The topological polar surface area (TPSA) is 99.6 Å². The predicted octanol–water partition coefficient (Wildman–Crippen LogP) is 4.88. The van der Waals surface area contributed by atoms with Crippen molar-refractivity contribution in [1.82, 2.24) is 15.6 Å². The number of carbonyl (C=O) groups is 1. The third kappa shape index (κ3) is 4.78. The summed E-state index contributed by atoms with van der Waals surface area (Å²) in [5.74, 6) is 0.466. The molecule has 7 nitrogen and oxygen atoms in total. The molecule has 0 aliphatic carbocycles. The Hall–Kier alpha value is -4.13. The van der Waals surface area contributed by atoms with Gasteiger partial charge in [0.1, 0.15) is 17.2 Å². The summed E-state index contributed by atoms with van der Waals surface area (Å²) in [5.41, 5.74) is 4.80. The van der Waals surface area contributed by atoms with Crippen molar-refractivity contribution in [3.8, 4) is 22.8 Å². The Morgan fingerprint density at radius 2 is 1.97 bits per heavy atom. The number of phenolic OH excluding ortho intramolecular Hbond substituents is 1. The fraction of sp³-hybridized carbons (Fsp3) is 0.160. The second kappa shape index (κ2) is 9.78. The number of nitrogens with zero attached hydrogens (tertiary/aromatic N) is 2. The molecule has 0 spiro atoms. The second-order valence-corrected chi connectivity index (χ2v) is 7.31. The molecular weight excluding hydrogens is 404 g/mol. The molecule has 32 heavy (non-hydrogen) atoms. The maximum Gasteiger partial charge on any atom is 0.289 e. The van der Waals surface area contributed by atoms with Gasteiger partial charge < -0.3 is 9.84 Å². The van der Waals surface area contributed by atoms with Crippen LogP contribution in [0.15, 0.2) is 71.8 Å². The number of fused-ring (bicyclic) bond motifs is 1. The number of ether oxygens (including phenoxy) is 1. The number of unbranched alkanes of at least 4 members (excludes halogenated alkanes) is 1. The van der Waals surface area contributed by atoms with Gasteiger partial charge in [0.15, 0.2) is 0 Å². The fourth-order valence-corrected chi connectivity index (χ4v) is 3.28. The van der Waals surface area contributed by atoms with E-state index in [0.29, 0.717) is 17.9 Å². The lowest BCUT2D eigenvalue weighted by Gasteiger charge is -2.05. The molecule has 4 aromatic rings. The number of H-pyrrole nitrogens is 1. The number of benzene rings is 3. The molecule has 0 radical (unpaired) electrons. The molecule has 3 N–H and O–H groups in total. The molecule has 7 heteroatoms. The number of carbonyl (C=O) groups excluding carboxylic acids is 1. The summed E-state index contributed by atoms with van der Waals surface area (Å²) in [6.45, 7) is 2.82. The van der Waals surface area contributed by atoms with Crippen LogP contribution >= 0.6 is 0 Å². The normalized spacial score (nSPS) is 11.2. The van der Waals surface area contributed by atoms with E-state index in [9.17, 15) is 9.90 Å². The zero-order chi connectivity index (χ0) is 22.3. The van der Waals surface area contributed by atoms with Crippen LogP contribution in [0.1, 0.15) is 35.8 Å². The van der Waals surface area contributed by atoms with Crippen LogP contribution < -0.4 is 10.2 Å². The zero-order valence-corrected chi connectivity index (χ0v) is 17.7. The lowest BCUT2D eigenvalue weighted by atomic mass is 10.0. The van der Waals surface area contributed by atoms with Crippen LogP contribution in [0.5, 0.6) is 11.5 Å². The summed E-state index contributed by atoms with van der Waals surface area (Å²) in [7, 11) is 0. The molecule has 0 fully saturated rings. The largest absolute Gasteiger partial charge is 0.507 e. The van der Waals surface area contributed by atoms with E-state index in [4.69, 9.17) is 4.74 Å². The number of hydrogen-bond donors (Lipinski definition) is 3. The highest BCUT2D eigenvalue weighted by atomic mass is 16.5. The molecule has 0 unspecified atom stereocenters. The minimum atomic E-state index is -0.431. The quantitative estimate of drug-likeness (QED) is 0.212. The Bertz CT molecular complexity index is 1250. The van der Waals surface area contributed by atoms with Crippen LogP contribution in [-0.4, -0.2) is 34.0 Å². The second-order valence-electron chi connectivity index (χ2n) is 7.31. The monoisotopic (exact) mass is 428 g/mol.